The molecule has 2 rings (SSSR count). The van der Waals surface area contributed by atoms with E-state index in [2.05, 4.69) is 4.90 Å². The van der Waals surface area contributed by atoms with Crippen molar-refractivity contribution in [1.82, 2.24) is 0 Å². The van der Waals surface area contributed by atoms with Crippen molar-refractivity contribution in [3.05, 3.63) is 66.0 Å². The van der Waals surface area contributed by atoms with Gasteiger partial charge in [-0.05, 0) is 36.8 Å². The fourth-order valence-electron chi connectivity index (χ4n) is 2.28. The lowest BCUT2D eigenvalue weighted by Crippen LogP contribution is -2.25. The van der Waals surface area contributed by atoms with E-state index in [1.165, 1.54) is 12.1 Å². The molecule has 0 aliphatic heterocycles. The lowest BCUT2D eigenvalue weighted by molar-refractivity contribution is -0.117. The van der Waals surface area contributed by atoms with Crippen molar-refractivity contribution in [2.75, 3.05) is 11.9 Å². The van der Waals surface area contributed by atoms with Gasteiger partial charge in [0.05, 0.1) is 6.04 Å². The van der Waals surface area contributed by atoms with Crippen LogP contribution in [-0.2, 0) is 4.79 Å². The predicted octanol–water partition coefficient (Wildman–Crippen LogP) is 3.98. The quantitative estimate of drug-likeness (QED) is 0.819. The van der Waals surface area contributed by atoms with Crippen LogP contribution in [0.3, 0.4) is 0 Å². The Morgan fingerprint density at radius 2 is 1.70 bits per heavy atom. The minimum absolute atomic E-state index is 0.0875. The van der Waals surface area contributed by atoms with Crippen molar-refractivity contribution in [3.8, 4) is 0 Å². The highest BCUT2D eigenvalue weighted by atomic mass is 19.1. The molecule has 0 amide bonds. The highest BCUT2D eigenvalue weighted by Gasteiger charge is 2.19. The van der Waals surface area contributed by atoms with E-state index >= 15 is 0 Å². The fraction of sp³-hybridized carbons (Fsp3) is 0.235. The summed E-state index contributed by atoms with van der Waals surface area (Å²) in [6, 6.07) is 16.1. The third-order valence-corrected chi connectivity index (χ3v) is 3.37. The van der Waals surface area contributed by atoms with Crippen LogP contribution < -0.4 is 4.90 Å². The maximum Gasteiger partial charge on any atom is 0.132 e. The molecule has 104 valence electrons. The monoisotopic (exact) mass is 271 g/mol. The first-order valence-corrected chi connectivity index (χ1v) is 6.60. The number of rotatable bonds is 5. The molecule has 2 aromatic rings. The number of halogens is 1. The molecule has 1 atom stereocenters. The summed E-state index contributed by atoms with van der Waals surface area (Å²) in [4.78, 5) is 13.6. The largest absolute Gasteiger partial charge is 0.367 e. The second-order valence-electron chi connectivity index (χ2n) is 4.92. The van der Waals surface area contributed by atoms with Crippen LogP contribution in [0.25, 0.3) is 0 Å². The lowest BCUT2D eigenvalue weighted by Gasteiger charge is -2.30. The van der Waals surface area contributed by atoms with Crippen molar-refractivity contribution in [3.63, 3.8) is 0 Å². The Labute approximate surface area is 118 Å². The number of benzene rings is 2. The molecule has 0 saturated carbocycles. The van der Waals surface area contributed by atoms with Gasteiger partial charge in [0.2, 0.25) is 0 Å². The van der Waals surface area contributed by atoms with Crippen molar-refractivity contribution < 1.29 is 9.18 Å². The minimum Gasteiger partial charge on any atom is -0.367 e. The highest BCUT2D eigenvalue weighted by molar-refractivity contribution is 5.77. The van der Waals surface area contributed by atoms with Gasteiger partial charge in [-0.2, -0.15) is 0 Å². The van der Waals surface area contributed by atoms with Crippen LogP contribution in [0, 0.1) is 5.82 Å². The number of carbonyl (C=O) groups is 1. The number of anilines is 1. The van der Waals surface area contributed by atoms with Gasteiger partial charge in [-0.25, -0.2) is 4.39 Å². The van der Waals surface area contributed by atoms with Crippen LogP contribution in [0.4, 0.5) is 10.1 Å². The number of hydrogen-bond acceptors (Lipinski definition) is 2. The summed E-state index contributed by atoms with van der Waals surface area (Å²) in [6.07, 6.45) is 0.400. The van der Waals surface area contributed by atoms with Crippen LogP contribution in [0.1, 0.15) is 24.9 Å². The van der Waals surface area contributed by atoms with E-state index in [1.54, 1.807) is 19.1 Å². The molecule has 0 spiro atoms. The number of carbonyl (C=O) groups excluding carboxylic acids is 1. The van der Waals surface area contributed by atoms with Crippen LogP contribution in [0.5, 0.6) is 0 Å². The van der Waals surface area contributed by atoms with Gasteiger partial charge in [0.15, 0.2) is 0 Å². The van der Waals surface area contributed by atoms with Gasteiger partial charge >= 0.3 is 0 Å². The average molecular weight is 271 g/mol. The number of nitrogens with zero attached hydrogens (tertiary/aromatic N) is 1. The first-order valence-electron chi connectivity index (χ1n) is 6.60. The summed E-state index contributed by atoms with van der Waals surface area (Å²) in [6.45, 7) is 1.58. The third kappa shape index (κ3) is 3.44. The van der Waals surface area contributed by atoms with Gasteiger partial charge < -0.3 is 4.90 Å². The summed E-state index contributed by atoms with van der Waals surface area (Å²) < 4.78 is 13.1. The Bertz CT molecular complexity index is 565. The first-order chi connectivity index (χ1) is 9.58. The van der Waals surface area contributed by atoms with Crippen molar-refractivity contribution in [1.29, 1.82) is 0 Å². The molecule has 1 unspecified atom stereocenters. The smallest absolute Gasteiger partial charge is 0.132 e. The first kappa shape index (κ1) is 14.3. The number of para-hydroxylation sites is 1. The topological polar surface area (TPSA) is 20.3 Å². The van der Waals surface area contributed by atoms with E-state index in [1.807, 2.05) is 37.4 Å². The second kappa shape index (κ2) is 6.33. The molecule has 0 fully saturated rings. The molecule has 0 saturated heterocycles. The maximum atomic E-state index is 13.1. The van der Waals surface area contributed by atoms with Crippen LogP contribution in [0.2, 0.25) is 0 Å². The summed E-state index contributed by atoms with van der Waals surface area (Å²) in [7, 11) is 1.95. The van der Waals surface area contributed by atoms with E-state index < -0.39 is 0 Å². The Hall–Kier alpha value is -2.16. The van der Waals surface area contributed by atoms with E-state index in [0.29, 0.717) is 6.42 Å². The normalized spacial score (nSPS) is 11.9. The summed E-state index contributed by atoms with van der Waals surface area (Å²) >= 11 is 0. The van der Waals surface area contributed by atoms with Crippen molar-refractivity contribution in [2.45, 2.75) is 19.4 Å². The molecule has 0 aromatic heterocycles. The Morgan fingerprint density at radius 1 is 1.10 bits per heavy atom. The molecule has 2 nitrogen and oxygen atoms in total. The van der Waals surface area contributed by atoms with Crippen molar-refractivity contribution >= 4 is 11.5 Å². The second-order valence-corrected chi connectivity index (χ2v) is 4.92. The molecule has 2 aromatic carbocycles. The molecule has 0 bridgehead atoms. The Kier molecular flexibility index (Phi) is 4.51. The van der Waals surface area contributed by atoms with Crippen LogP contribution in [0.15, 0.2) is 54.6 Å². The van der Waals surface area contributed by atoms with E-state index in [0.717, 1.165) is 11.3 Å². The fourth-order valence-corrected chi connectivity index (χ4v) is 2.28. The van der Waals surface area contributed by atoms with Gasteiger partial charge in [-0.1, -0.05) is 30.3 Å². The van der Waals surface area contributed by atoms with E-state index in [9.17, 15) is 9.18 Å². The summed E-state index contributed by atoms with van der Waals surface area (Å²) in [5, 5.41) is 0. The standard InChI is InChI=1S/C17H18FNO/c1-13(20)12-17(14-8-10-15(18)11-9-14)19(2)16-6-4-3-5-7-16/h3-11,17H,12H2,1-2H3. The molecule has 0 aliphatic carbocycles. The van der Waals surface area contributed by atoms with Crippen molar-refractivity contribution in [2.24, 2.45) is 0 Å². The van der Waals surface area contributed by atoms with E-state index in [4.69, 9.17) is 0 Å². The molecule has 0 radical (unpaired) electrons. The van der Waals surface area contributed by atoms with Gasteiger partial charge in [0, 0.05) is 19.2 Å². The molecule has 20 heavy (non-hydrogen) atoms. The van der Waals surface area contributed by atoms with Crippen LogP contribution in [-0.4, -0.2) is 12.8 Å². The predicted molar refractivity (Wildman–Crippen MR) is 79.3 cm³/mol. The zero-order valence-electron chi connectivity index (χ0n) is 11.7. The molecule has 3 heteroatoms. The SMILES string of the molecule is CC(=O)CC(c1ccc(F)cc1)N(C)c1ccccc1. The number of ketones is 1. The number of Topliss-reactive ketones (excluding diaryl/α,β-unsaturated/α-hetero) is 1. The zero-order valence-corrected chi connectivity index (χ0v) is 11.7. The highest BCUT2D eigenvalue weighted by Crippen LogP contribution is 2.28. The molecular formula is C17H18FNO. The maximum absolute atomic E-state index is 13.1. The molecule has 0 aliphatic rings. The summed E-state index contributed by atoms with van der Waals surface area (Å²) in [5.74, 6) is -0.153. The van der Waals surface area contributed by atoms with E-state index in [-0.39, 0.29) is 17.6 Å². The third-order valence-electron chi connectivity index (χ3n) is 3.37. The Balaban J connectivity index is 2.32. The van der Waals surface area contributed by atoms with Crippen LogP contribution >= 0.6 is 0 Å². The van der Waals surface area contributed by atoms with Gasteiger partial charge in [0.25, 0.3) is 0 Å². The Morgan fingerprint density at radius 3 is 2.25 bits per heavy atom. The van der Waals surface area contributed by atoms with Gasteiger partial charge in [0.1, 0.15) is 11.6 Å². The zero-order chi connectivity index (χ0) is 14.5. The lowest BCUT2D eigenvalue weighted by atomic mass is 10.00. The minimum atomic E-state index is -0.266. The number of hydrogen-bond donors (Lipinski definition) is 0. The molecule has 0 heterocycles. The average Bonchev–Trinajstić information content (AvgIpc) is 2.46. The van der Waals surface area contributed by atoms with Gasteiger partial charge in [-0.15, -0.1) is 0 Å². The molecule has 0 N–H and O–H groups in total. The van der Waals surface area contributed by atoms with Gasteiger partial charge in [-0.3, -0.25) is 4.79 Å². The summed E-state index contributed by atoms with van der Waals surface area (Å²) in [5.41, 5.74) is 1.97. The molecular weight excluding hydrogens is 253 g/mol.